The molecule has 2 amide bonds. The smallest absolute Gasteiger partial charge is 0.269 e. The van der Waals surface area contributed by atoms with Crippen molar-refractivity contribution in [2.75, 3.05) is 11.9 Å². The van der Waals surface area contributed by atoms with Gasteiger partial charge in [0.05, 0.1) is 16.9 Å². The number of amides is 2. The summed E-state index contributed by atoms with van der Waals surface area (Å²) in [6.07, 6.45) is -1.26. The molecule has 0 unspecified atom stereocenters. The van der Waals surface area contributed by atoms with Crippen LogP contribution in [0.2, 0.25) is 0 Å². The minimum atomic E-state index is -4.17. The molecule has 3 aromatic rings. The second-order valence-corrected chi connectivity index (χ2v) is 11.8. The Labute approximate surface area is 222 Å². The molecule has 0 aromatic heterocycles. The number of rotatable bonds is 7. The van der Waals surface area contributed by atoms with Crippen molar-refractivity contribution in [1.82, 2.24) is 9.62 Å². The fraction of sp³-hybridized carbons (Fsp3) is 0.130. The lowest BCUT2D eigenvalue weighted by Gasteiger charge is -2.28. The Morgan fingerprint density at radius 3 is 2.08 bits per heavy atom. The molecule has 1 aliphatic rings. The van der Waals surface area contributed by atoms with Gasteiger partial charge in [-0.3, -0.25) is 9.59 Å². The third-order valence-electron chi connectivity index (χ3n) is 5.05. The van der Waals surface area contributed by atoms with E-state index in [9.17, 15) is 18.0 Å². The number of nitrogens with zero attached hydrogens (tertiary/aromatic N) is 3. The Hall–Kier alpha value is -3.18. The molecule has 0 bridgehead atoms. The van der Waals surface area contributed by atoms with Crippen molar-refractivity contribution in [2.45, 2.75) is 14.9 Å². The summed E-state index contributed by atoms with van der Waals surface area (Å²) >= 11 is 18.1. The van der Waals surface area contributed by atoms with Crippen molar-refractivity contribution in [1.29, 1.82) is 0 Å². The van der Waals surface area contributed by atoms with Crippen molar-refractivity contribution < 1.29 is 18.0 Å². The molecular formula is C23H18Cl3N5O4S. The van der Waals surface area contributed by atoms with E-state index in [4.69, 9.17) is 34.8 Å². The molecular weight excluding hydrogens is 549 g/mol. The maximum Gasteiger partial charge on any atom is 0.269 e. The van der Waals surface area contributed by atoms with E-state index < -0.39 is 38.3 Å². The molecule has 1 atom stereocenters. The zero-order chi connectivity index (χ0) is 25.9. The Balaban J connectivity index is 1.43. The molecule has 0 aliphatic carbocycles. The number of alkyl halides is 3. The number of nitrogens with one attached hydrogen (secondary N) is 2. The number of sulfonamides is 1. The average molecular weight is 567 g/mol. The van der Waals surface area contributed by atoms with Crippen molar-refractivity contribution in [3.63, 3.8) is 0 Å². The number of carbonyl (C=O) groups excluding carboxylic acids is 2. The Morgan fingerprint density at radius 1 is 0.889 bits per heavy atom. The lowest BCUT2D eigenvalue weighted by molar-refractivity contribution is -0.121. The molecule has 0 spiro atoms. The van der Waals surface area contributed by atoms with Crippen LogP contribution in [0.3, 0.4) is 0 Å². The first-order chi connectivity index (χ1) is 17.1. The van der Waals surface area contributed by atoms with Crippen LogP contribution in [0.25, 0.3) is 0 Å². The second kappa shape index (κ2) is 10.4. The van der Waals surface area contributed by atoms with Crippen LogP contribution in [0.4, 0.5) is 17.1 Å². The first-order valence-electron chi connectivity index (χ1n) is 10.4. The molecule has 0 saturated carbocycles. The van der Waals surface area contributed by atoms with Gasteiger partial charge in [-0.25, -0.2) is 12.7 Å². The highest BCUT2D eigenvalue weighted by Gasteiger charge is 2.42. The van der Waals surface area contributed by atoms with E-state index in [-0.39, 0.29) is 10.5 Å². The summed E-state index contributed by atoms with van der Waals surface area (Å²) in [5, 5.41) is 13.6. The van der Waals surface area contributed by atoms with Gasteiger partial charge in [0.25, 0.3) is 15.9 Å². The number of fused-ring (bicyclic) bond motifs is 1. The first kappa shape index (κ1) is 25.9. The first-order valence-corrected chi connectivity index (χ1v) is 13.0. The van der Waals surface area contributed by atoms with Gasteiger partial charge in [0.1, 0.15) is 17.6 Å². The van der Waals surface area contributed by atoms with Crippen LogP contribution in [0.1, 0.15) is 10.4 Å². The number of azo groups is 1. The van der Waals surface area contributed by atoms with E-state index >= 15 is 0 Å². The highest BCUT2D eigenvalue weighted by atomic mass is 35.6. The van der Waals surface area contributed by atoms with Gasteiger partial charge in [0.2, 0.25) is 9.70 Å². The van der Waals surface area contributed by atoms with Crippen LogP contribution < -0.4 is 10.6 Å². The number of carbonyl (C=O) groups is 2. The minimum absolute atomic E-state index is 0.00847. The molecule has 1 heterocycles. The zero-order valence-corrected chi connectivity index (χ0v) is 21.4. The van der Waals surface area contributed by atoms with Gasteiger partial charge in [-0.15, -0.1) is 0 Å². The maximum absolute atomic E-state index is 12.7. The number of benzene rings is 3. The van der Waals surface area contributed by atoms with E-state index in [0.29, 0.717) is 21.4 Å². The van der Waals surface area contributed by atoms with Gasteiger partial charge >= 0.3 is 0 Å². The van der Waals surface area contributed by atoms with E-state index in [1.807, 2.05) is 30.3 Å². The third-order valence-corrected chi connectivity index (χ3v) is 7.49. The molecule has 0 saturated heterocycles. The van der Waals surface area contributed by atoms with Crippen molar-refractivity contribution in [3.8, 4) is 0 Å². The monoisotopic (exact) mass is 565 g/mol. The molecule has 0 radical (unpaired) electrons. The summed E-state index contributed by atoms with van der Waals surface area (Å²) in [5.41, 5.74) is 1.73. The molecule has 13 heteroatoms. The quantitative estimate of drug-likeness (QED) is 0.232. The van der Waals surface area contributed by atoms with Crippen molar-refractivity contribution in [3.05, 3.63) is 84.4 Å². The summed E-state index contributed by atoms with van der Waals surface area (Å²) in [5.74, 6) is -1.66. The summed E-state index contributed by atoms with van der Waals surface area (Å²) in [4.78, 5) is 25.1. The number of halogens is 3. The maximum atomic E-state index is 12.7. The fourth-order valence-corrected chi connectivity index (χ4v) is 5.18. The highest BCUT2D eigenvalue weighted by molar-refractivity contribution is 7.90. The molecule has 1 aliphatic heterocycles. The van der Waals surface area contributed by atoms with E-state index in [1.165, 1.54) is 24.3 Å². The fourth-order valence-electron chi connectivity index (χ4n) is 3.33. The van der Waals surface area contributed by atoms with E-state index in [0.717, 1.165) is 0 Å². The van der Waals surface area contributed by atoms with Gasteiger partial charge in [0, 0.05) is 5.69 Å². The Morgan fingerprint density at radius 2 is 1.47 bits per heavy atom. The van der Waals surface area contributed by atoms with Crippen molar-refractivity contribution in [2.24, 2.45) is 10.2 Å². The van der Waals surface area contributed by atoms with Crippen LogP contribution in [0.5, 0.6) is 0 Å². The SMILES string of the molecule is O=C(CN1C(=O)c2ccccc2S1(=O)=O)N[C@@H](Nc1ccc(N=Nc2ccccc2)cc1)C(Cl)(Cl)Cl. The van der Waals surface area contributed by atoms with Gasteiger partial charge < -0.3 is 10.6 Å². The van der Waals surface area contributed by atoms with Gasteiger partial charge in [-0.2, -0.15) is 10.2 Å². The number of hydrogen-bond acceptors (Lipinski definition) is 7. The van der Waals surface area contributed by atoms with Gasteiger partial charge in [0.15, 0.2) is 0 Å². The standard InChI is InChI=1S/C23H18Cl3N5O4S/c24-23(25,26)22(27-15-10-12-17(13-11-15)30-29-16-6-2-1-3-7-16)28-20(32)14-31-21(33)18-8-4-5-9-19(18)36(31,34)35/h1-13,22,27H,14H2,(H,28,32)/t22-/m1/s1. The average Bonchev–Trinajstić information content (AvgIpc) is 3.04. The molecule has 3 aromatic carbocycles. The predicted octanol–water partition coefficient (Wildman–Crippen LogP) is 5.17. The second-order valence-electron chi connectivity index (χ2n) is 7.58. The minimum Gasteiger partial charge on any atom is -0.362 e. The number of anilines is 1. The summed E-state index contributed by atoms with van der Waals surface area (Å²) in [6, 6.07) is 21.5. The summed E-state index contributed by atoms with van der Waals surface area (Å²) in [6.45, 7) is -0.784. The molecule has 2 N–H and O–H groups in total. The van der Waals surface area contributed by atoms with Crippen LogP contribution in [0.15, 0.2) is 94.0 Å². The van der Waals surface area contributed by atoms with Crippen LogP contribution in [-0.4, -0.2) is 41.0 Å². The molecule has 0 fully saturated rings. The normalized spacial score (nSPS) is 15.5. The number of hydrogen-bond donors (Lipinski definition) is 2. The molecule has 4 rings (SSSR count). The molecule has 186 valence electrons. The predicted molar refractivity (Wildman–Crippen MR) is 138 cm³/mol. The molecule has 9 nitrogen and oxygen atoms in total. The highest BCUT2D eigenvalue weighted by Crippen LogP contribution is 2.32. The van der Waals surface area contributed by atoms with Crippen LogP contribution in [-0.2, 0) is 14.8 Å². The lowest BCUT2D eigenvalue weighted by atomic mass is 10.2. The summed E-state index contributed by atoms with van der Waals surface area (Å²) < 4.78 is 23.9. The lowest BCUT2D eigenvalue weighted by Crippen LogP contribution is -2.52. The molecule has 36 heavy (non-hydrogen) atoms. The zero-order valence-electron chi connectivity index (χ0n) is 18.3. The van der Waals surface area contributed by atoms with E-state index in [2.05, 4.69) is 20.9 Å². The largest absolute Gasteiger partial charge is 0.362 e. The topological polar surface area (TPSA) is 120 Å². The van der Waals surface area contributed by atoms with Crippen molar-refractivity contribution >= 4 is 73.7 Å². The van der Waals surface area contributed by atoms with E-state index in [1.54, 1.807) is 24.3 Å². The van der Waals surface area contributed by atoms with Crippen LogP contribution >= 0.6 is 34.8 Å². The third kappa shape index (κ3) is 5.79. The summed E-state index contributed by atoms with van der Waals surface area (Å²) in [7, 11) is -4.17. The van der Waals surface area contributed by atoms with Crippen LogP contribution in [0, 0.1) is 0 Å². The van der Waals surface area contributed by atoms with Gasteiger partial charge in [-0.1, -0.05) is 65.1 Å². The Kier molecular flexibility index (Phi) is 7.51. The van der Waals surface area contributed by atoms with Gasteiger partial charge in [-0.05, 0) is 48.5 Å². The Bertz CT molecular complexity index is 1410.